The summed E-state index contributed by atoms with van der Waals surface area (Å²) in [6.45, 7) is 0.460. The van der Waals surface area contributed by atoms with E-state index in [9.17, 15) is 9.18 Å². The minimum atomic E-state index is -1.33. The number of carboxylic acid groups (broad SMARTS) is 1. The molecule has 0 spiro atoms. The predicted molar refractivity (Wildman–Crippen MR) is 62.5 cm³/mol. The molecule has 3 N–H and O–H groups in total. The van der Waals surface area contributed by atoms with Gasteiger partial charge in [-0.05, 0) is 18.6 Å². The zero-order valence-electron chi connectivity index (χ0n) is 9.56. The first kappa shape index (κ1) is 12.3. The second kappa shape index (κ2) is 4.27. The Balaban J connectivity index is 2.34. The van der Waals surface area contributed by atoms with Gasteiger partial charge >= 0.3 is 5.97 Å². The Kier molecular flexibility index (Phi) is 2.93. The highest BCUT2D eigenvalue weighted by molar-refractivity contribution is 5.81. The van der Waals surface area contributed by atoms with Gasteiger partial charge in [-0.25, -0.2) is 4.39 Å². The van der Waals surface area contributed by atoms with Crippen molar-refractivity contribution in [3.05, 3.63) is 29.6 Å². The van der Waals surface area contributed by atoms with Gasteiger partial charge < -0.3 is 15.7 Å². The van der Waals surface area contributed by atoms with E-state index in [1.807, 2.05) is 0 Å². The van der Waals surface area contributed by atoms with Gasteiger partial charge in [0.15, 0.2) is 0 Å². The number of carbonyl (C=O) groups is 1. The molecule has 0 radical (unpaired) electrons. The Bertz CT molecular complexity index is 541. The number of nitriles is 1. The Morgan fingerprint density at radius 3 is 2.89 bits per heavy atom. The van der Waals surface area contributed by atoms with Crippen molar-refractivity contribution >= 4 is 11.7 Å². The summed E-state index contributed by atoms with van der Waals surface area (Å²) in [6, 6.07) is 6.07. The number of hydrogen-bond donors (Lipinski definition) is 2. The number of carboxylic acids is 1. The molecule has 0 aromatic heterocycles. The fraction of sp³-hybridized carbons (Fsp3) is 0.333. The zero-order valence-corrected chi connectivity index (χ0v) is 9.56. The summed E-state index contributed by atoms with van der Waals surface area (Å²) in [4.78, 5) is 12.7. The number of rotatable bonds is 2. The molecule has 1 atom stereocenters. The molecule has 5 nitrogen and oxygen atoms in total. The van der Waals surface area contributed by atoms with Crippen molar-refractivity contribution in [2.24, 2.45) is 5.73 Å². The second-order valence-corrected chi connectivity index (χ2v) is 4.38. The molecule has 1 aromatic carbocycles. The van der Waals surface area contributed by atoms with Crippen LogP contribution in [0.3, 0.4) is 0 Å². The first-order chi connectivity index (χ1) is 8.48. The van der Waals surface area contributed by atoms with Crippen LogP contribution in [0.2, 0.25) is 0 Å². The van der Waals surface area contributed by atoms with Crippen molar-refractivity contribution < 1.29 is 14.3 Å². The fourth-order valence-electron chi connectivity index (χ4n) is 2.10. The summed E-state index contributed by atoms with van der Waals surface area (Å²) in [5.41, 5.74) is 4.72. The van der Waals surface area contributed by atoms with Crippen LogP contribution in [0.4, 0.5) is 10.1 Å². The zero-order chi connectivity index (χ0) is 13.3. The van der Waals surface area contributed by atoms with Crippen molar-refractivity contribution in [1.29, 1.82) is 5.26 Å². The van der Waals surface area contributed by atoms with Gasteiger partial charge in [-0.3, -0.25) is 4.79 Å². The van der Waals surface area contributed by atoms with E-state index >= 15 is 0 Å². The minimum absolute atomic E-state index is 0.0699. The van der Waals surface area contributed by atoms with Crippen LogP contribution >= 0.6 is 0 Å². The highest BCUT2D eigenvalue weighted by atomic mass is 19.1. The van der Waals surface area contributed by atoms with E-state index in [0.29, 0.717) is 12.2 Å². The van der Waals surface area contributed by atoms with Crippen molar-refractivity contribution in [2.45, 2.75) is 12.0 Å². The Morgan fingerprint density at radius 2 is 2.33 bits per heavy atom. The van der Waals surface area contributed by atoms with E-state index < -0.39 is 17.3 Å². The molecule has 6 heteroatoms. The molecule has 94 valence electrons. The molecule has 1 unspecified atom stereocenters. The smallest absolute Gasteiger partial charge is 0.325 e. The van der Waals surface area contributed by atoms with E-state index in [1.54, 1.807) is 17.0 Å². The minimum Gasteiger partial charge on any atom is -0.480 e. The number of aliphatic carboxylic acids is 1. The van der Waals surface area contributed by atoms with Gasteiger partial charge in [0.05, 0.1) is 5.69 Å². The lowest BCUT2D eigenvalue weighted by molar-refractivity contribution is -0.142. The van der Waals surface area contributed by atoms with Gasteiger partial charge in [0.2, 0.25) is 0 Å². The van der Waals surface area contributed by atoms with E-state index in [1.165, 1.54) is 12.1 Å². The molecule has 0 amide bonds. The second-order valence-electron chi connectivity index (χ2n) is 4.38. The van der Waals surface area contributed by atoms with E-state index in [2.05, 4.69) is 0 Å². The number of hydrogen-bond acceptors (Lipinski definition) is 4. The molecular weight excluding hydrogens is 237 g/mol. The molecule has 1 fully saturated rings. The molecule has 18 heavy (non-hydrogen) atoms. The standard InChI is InChI=1S/C12H12FN3O2/c13-9-2-1-3-10(8(9)6-14)16-5-4-12(15,7-16)11(17)18/h1-3H,4-5,7,15H2,(H,17,18). The predicted octanol–water partition coefficient (Wildman–Crippen LogP) is 0.690. The molecule has 1 heterocycles. The molecule has 0 aliphatic carbocycles. The van der Waals surface area contributed by atoms with Gasteiger partial charge in [0.1, 0.15) is 23.0 Å². The third-order valence-electron chi connectivity index (χ3n) is 3.17. The summed E-state index contributed by atoms with van der Waals surface area (Å²) < 4.78 is 13.5. The lowest BCUT2D eigenvalue weighted by atomic mass is 10.0. The Morgan fingerprint density at radius 1 is 1.61 bits per heavy atom. The summed E-state index contributed by atoms with van der Waals surface area (Å²) in [7, 11) is 0. The lowest BCUT2D eigenvalue weighted by Crippen LogP contribution is -2.50. The average molecular weight is 249 g/mol. The maximum atomic E-state index is 13.5. The van der Waals surface area contributed by atoms with Crippen LogP contribution < -0.4 is 10.6 Å². The van der Waals surface area contributed by atoms with Crippen molar-refractivity contribution in [2.75, 3.05) is 18.0 Å². The molecule has 1 aliphatic heterocycles. The summed E-state index contributed by atoms with van der Waals surface area (Å²) >= 11 is 0. The number of anilines is 1. The molecule has 1 aliphatic rings. The highest BCUT2D eigenvalue weighted by Crippen LogP contribution is 2.29. The van der Waals surface area contributed by atoms with Crippen LogP contribution in [0.15, 0.2) is 18.2 Å². The average Bonchev–Trinajstić information content (AvgIpc) is 2.73. The van der Waals surface area contributed by atoms with Crippen LogP contribution in [0.25, 0.3) is 0 Å². The third-order valence-corrected chi connectivity index (χ3v) is 3.17. The molecule has 1 saturated heterocycles. The summed E-state index contributed by atoms with van der Waals surface area (Å²) in [5, 5.41) is 18.0. The van der Waals surface area contributed by atoms with E-state index in [0.717, 1.165) is 0 Å². The number of nitrogens with two attached hydrogens (primary N) is 1. The summed E-state index contributed by atoms with van der Waals surface area (Å²) in [5.74, 6) is -1.69. The maximum Gasteiger partial charge on any atom is 0.325 e. The number of benzene rings is 1. The first-order valence-corrected chi connectivity index (χ1v) is 5.44. The molecule has 1 aromatic rings. The van der Waals surface area contributed by atoms with Gasteiger partial charge in [-0.15, -0.1) is 0 Å². The van der Waals surface area contributed by atoms with Crippen LogP contribution in [-0.4, -0.2) is 29.7 Å². The number of nitrogens with zero attached hydrogens (tertiary/aromatic N) is 2. The van der Waals surface area contributed by atoms with E-state index in [4.69, 9.17) is 16.1 Å². The Labute approximate surface area is 103 Å². The maximum absolute atomic E-state index is 13.5. The Hall–Kier alpha value is -2.13. The van der Waals surface area contributed by atoms with E-state index in [-0.39, 0.29) is 18.5 Å². The topological polar surface area (TPSA) is 90.4 Å². The lowest BCUT2D eigenvalue weighted by Gasteiger charge is -2.22. The van der Waals surface area contributed by atoms with Gasteiger partial charge in [0.25, 0.3) is 0 Å². The van der Waals surface area contributed by atoms with Crippen molar-refractivity contribution in [3.63, 3.8) is 0 Å². The molecule has 0 saturated carbocycles. The monoisotopic (exact) mass is 249 g/mol. The highest BCUT2D eigenvalue weighted by Gasteiger charge is 2.41. The normalized spacial score (nSPS) is 22.8. The molecule has 2 rings (SSSR count). The van der Waals surface area contributed by atoms with Crippen LogP contribution in [-0.2, 0) is 4.79 Å². The number of halogens is 1. The third kappa shape index (κ3) is 1.89. The largest absolute Gasteiger partial charge is 0.480 e. The van der Waals surface area contributed by atoms with Crippen LogP contribution in [0.1, 0.15) is 12.0 Å². The van der Waals surface area contributed by atoms with Crippen LogP contribution in [0.5, 0.6) is 0 Å². The van der Waals surface area contributed by atoms with Gasteiger partial charge in [-0.1, -0.05) is 6.07 Å². The van der Waals surface area contributed by atoms with Crippen molar-refractivity contribution in [1.82, 2.24) is 0 Å². The van der Waals surface area contributed by atoms with Crippen LogP contribution in [0, 0.1) is 17.1 Å². The first-order valence-electron chi connectivity index (χ1n) is 5.44. The molecule has 0 bridgehead atoms. The molecular formula is C12H12FN3O2. The van der Waals surface area contributed by atoms with Gasteiger partial charge in [0, 0.05) is 13.1 Å². The van der Waals surface area contributed by atoms with Gasteiger partial charge in [-0.2, -0.15) is 5.26 Å². The quantitative estimate of drug-likeness (QED) is 0.804. The SMILES string of the molecule is N#Cc1c(F)cccc1N1CCC(N)(C(=O)O)C1. The fourth-order valence-corrected chi connectivity index (χ4v) is 2.10. The summed E-state index contributed by atoms with van der Waals surface area (Å²) in [6.07, 6.45) is 0.268. The van der Waals surface area contributed by atoms with Crippen molar-refractivity contribution in [3.8, 4) is 6.07 Å².